The first-order valence-corrected chi connectivity index (χ1v) is 6.75. The van der Waals surface area contributed by atoms with E-state index in [1.165, 1.54) is 0 Å². The Hall–Kier alpha value is -1.40. The number of morpholine rings is 1. The van der Waals surface area contributed by atoms with E-state index in [1.54, 1.807) is 17.1 Å². The molecule has 19 heavy (non-hydrogen) atoms. The third-order valence-electron chi connectivity index (χ3n) is 3.11. The Bertz CT molecular complexity index is 383. The molecule has 1 N–H and O–H groups in total. The van der Waals surface area contributed by atoms with Gasteiger partial charge in [-0.25, -0.2) is 0 Å². The zero-order chi connectivity index (χ0) is 13.7. The third-order valence-corrected chi connectivity index (χ3v) is 3.11. The Balaban J connectivity index is 1.64. The van der Waals surface area contributed by atoms with Crippen LogP contribution in [0.15, 0.2) is 18.5 Å². The molecule has 1 aliphatic rings. The largest absolute Gasteiger partial charge is 0.373 e. The molecule has 2 rings (SSSR count). The zero-order valence-corrected chi connectivity index (χ0v) is 11.6. The van der Waals surface area contributed by atoms with E-state index in [1.807, 2.05) is 6.07 Å². The molecule has 6 heteroatoms. The van der Waals surface area contributed by atoms with Gasteiger partial charge < -0.3 is 10.1 Å². The molecule has 0 radical (unpaired) electrons. The molecule has 0 saturated carbocycles. The van der Waals surface area contributed by atoms with Crippen molar-refractivity contribution in [3.63, 3.8) is 0 Å². The minimum atomic E-state index is -0.00180. The molecule has 1 aromatic rings. The lowest BCUT2D eigenvalue weighted by Crippen LogP contribution is -2.48. The molecular formula is C13H22N4O2. The number of rotatable bonds is 5. The van der Waals surface area contributed by atoms with Crippen molar-refractivity contribution >= 4 is 5.91 Å². The number of aromatic nitrogens is 2. The van der Waals surface area contributed by atoms with Crippen LogP contribution in [-0.4, -0.2) is 59.0 Å². The van der Waals surface area contributed by atoms with Gasteiger partial charge in [0.15, 0.2) is 0 Å². The van der Waals surface area contributed by atoms with E-state index >= 15 is 0 Å². The number of ether oxygens (including phenoxy) is 1. The summed E-state index contributed by atoms with van der Waals surface area (Å²) < 4.78 is 7.29. The van der Waals surface area contributed by atoms with Gasteiger partial charge in [-0.2, -0.15) is 5.10 Å². The third kappa shape index (κ3) is 4.65. The maximum Gasteiger partial charge on any atom is 0.241 e. The van der Waals surface area contributed by atoms with Crippen LogP contribution in [0.1, 0.15) is 13.8 Å². The van der Waals surface area contributed by atoms with Crippen molar-refractivity contribution < 1.29 is 9.53 Å². The number of hydrogen-bond donors (Lipinski definition) is 1. The summed E-state index contributed by atoms with van der Waals surface area (Å²) in [7, 11) is 0. The monoisotopic (exact) mass is 266 g/mol. The Morgan fingerprint density at radius 3 is 2.79 bits per heavy atom. The molecule has 1 aliphatic heterocycles. The lowest BCUT2D eigenvalue weighted by molar-refractivity contribution is -0.122. The molecule has 0 bridgehead atoms. The van der Waals surface area contributed by atoms with Crippen LogP contribution >= 0.6 is 0 Å². The Kier molecular flexibility index (Phi) is 4.93. The molecule has 106 valence electrons. The predicted octanol–water partition coefficient (Wildman–Crippen LogP) is 0.109. The first kappa shape index (κ1) is 14.0. The number of nitrogens with one attached hydrogen (secondary N) is 1. The summed E-state index contributed by atoms with van der Waals surface area (Å²) in [4.78, 5) is 14.0. The van der Waals surface area contributed by atoms with Crippen LogP contribution in [0.4, 0.5) is 0 Å². The molecule has 1 fully saturated rings. The van der Waals surface area contributed by atoms with Crippen LogP contribution in [0.5, 0.6) is 0 Å². The lowest BCUT2D eigenvalue weighted by atomic mass is 10.2. The second-order valence-electron chi connectivity index (χ2n) is 5.07. The lowest BCUT2D eigenvalue weighted by Gasteiger charge is -2.35. The van der Waals surface area contributed by atoms with Crippen molar-refractivity contribution in [3.05, 3.63) is 18.5 Å². The number of hydrogen-bond acceptors (Lipinski definition) is 4. The standard InChI is InChI=1S/C13H22N4O2/c1-11-8-16(9-12(2)19-11)7-5-14-13(18)10-17-6-3-4-15-17/h3-4,6,11-12H,5,7-10H2,1-2H3,(H,14,18)/t11-,12+. The van der Waals surface area contributed by atoms with E-state index in [9.17, 15) is 4.79 Å². The number of carbonyl (C=O) groups excluding carboxylic acids is 1. The van der Waals surface area contributed by atoms with Gasteiger partial charge in [-0.3, -0.25) is 14.4 Å². The fourth-order valence-corrected chi connectivity index (χ4v) is 2.42. The van der Waals surface area contributed by atoms with Gasteiger partial charge in [-0.15, -0.1) is 0 Å². The average molecular weight is 266 g/mol. The topological polar surface area (TPSA) is 59.4 Å². The van der Waals surface area contributed by atoms with Crippen LogP contribution in [0.2, 0.25) is 0 Å². The highest BCUT2D eigenvalue weighted by Gasteiger charge is 2.21. The van der Waals surface area contributed by atoms with Crippen LogP contribution < -0.4 is 5.32 Å². The molecule has 0 aromatic carbocycles. The molecule has 0 spiro atoms. The summed E-state index contributed by atoms with van der Waals surface area (Å²) >= 11 is 0. The smallest absolute Gasteiger partial charge is 0.241 e. The summed E-state index contributed by atoms with van der Waals surface area (Å²) in [5.41, 5.74) is 0. The molecule has 6 nitrogen and oxygen atoms in total. The van der Waals surface area contributed by atoms with Crippen molar-refractivity contribution in [2.24, 2.45) is 0 Å². The fraction of sp³-hybridized carbons (Fsp3) is 0.692. The Morgan fingerprint density at radius 1 is 1.42 bits per heavy atom. The van der Waals surface area contributed by atoms with Gasteiger partial charge >= 0.3 is 0 Å². The van der Waals surface area contributed by atoms with Gasteiger partial charge in [0.25, 0.3) is 0 Å². The number of amides is 1. The quantitative estimate of drug-likeness (QED) is 0.822. The molecule has 0 aliphatic carbocycles. The second-order valence-corrected chi connectivity index (χ2v) is 5.07. The van der Waals surface area contributed by atoms with Crippen molar-refractivity contribution in [2.45, 2.75) is 32.6 Å². The van der Waals surface area contributed by atoms with Crippen molar-refractivity contribution in [1.82, 2.24) is 20.0 Å². The molecule has 2 atom stereocenters. The van der Waals surface area contributed by atoms with E-state index in [0.29, 0.717) is 6.54 Å². The Labute approximate surface area is 113 Å². The van der Waals surface area contributed by atoms with E-state index in [-0.39, 0.29) is 24.7 Å². The van der Waals surface area contributed by atoms with E-state index in [0.717, 1.165) is 19.6 Å². The predicted molar refractivity (Wildman–Crippen MR) is 71.7 cm³/mol. The first-order valence-electron chi connectivity index (χ1n) is 6.75. The zero-order valence-electron chi connectivity index (χ0n) is 11.6. The minimum absolute atomic E-state index is 0.00180. The molecule has 2 heterocycles. The molecular weight excluding hydrogens is 244 g/mol. The average Bonchev–Trinajstić information content (AvgIpc) is 2.80. The fourth-order valence-electron chi connectivity index (χ4n) is 2.42. The second kappa shape index (κ2) is 6.68. The van der Waals surface area contributed by atoms with Crippen LogP contribution in [0.3, 0.4) is 0 Å². The summed E-state index contributed by atoms with van der Waals surface area (Å²) in [6, 6.07) is 1.81. The molecule has 1 aromatic heterocycles. The van der Waals surface area contributed by atoms with Gasteiger partial charge in [-0.05, 0) is 19.9 Å². The normalized spacial score (nSPS) is 24.3. The van der Waals surface area contributed by atoms with Crippen LogP contribution in [0.25, 0.3) is 0 Å². The first-order chi connectivity index (χ1) is 9.13. The van der Waals surface area contributed by atoms with Gasteiger partial charge in [0.1, 0.15) is 6.54 Å². The van der Waals surface area contributed by atoms with Crippen molar-refractivity contribution in [1.29, 1.82) is 0 Å². The summed E-state index contributed by atoms with van der Waals surface area (Å²) in [5, 5.41) is 6.92. The SMILES string of the molecule is C[C@@H]1CN(CCNC(=O)Cn2cccn2)C[C@H](C)O1. The molecule has 0 unspecified atom stereocenters. The minimum Gasteiger partial charge on any atom is -0.373 e. The van der Waals surface area contributed by atoms with Crippen LogP contribution in [0, 0.1) is 0 Å². The highest BCUT2D eigenvalue weighted by Crippen LogP contribution is 2.09. The molecule has 1 saturated heterocycles. The Morgan fingerprint density at radius 2 is 2.16 bits per heavy atom. The summed E-state index contributed by atoms with van der Waals surface area (Å²) in [6.07, 6.45) is 3.99. The van der Waals surface area contributed by atoms with Crippen LogP contribution in [-0.2, 0) is 16.1 Å². The maximum absolute atomic E-state index is 11.7. The highest BCUT2D eigenvalue weighted by atomic mass is 16.5. The van der Waals surface area contributed by atoms with Crippen molar-refractivity contribution in [2.75, 3.05) is 26.2 Å². The summed E-state index contributed by atoms with van der Waals surface area (Å²) in [6.45, 7) is 7.84. The number of nitrogens with zero attached hydrogens (tertiary/aromatic N) is 3. The van der Waals surface area contributed by atoms with Gasteiger partial charge in [0.2, 0.25) is 5.91 Å². The van der Waals surface area contributed by atoms with Gasteiger partial charge in [0, 0.05) is 38.6 Å². The maximum atomic E-state index is 11.7. The highest BCUT2D eigenvalue weighted by molar-refractivity contribution is 5.75. The molecule has 1 amide bonds. The number of carbonyl (C=O) groups is 1. The van der Waals surface area contributed by atoms with Gasteiger partial charge in [0.05, 0.1) is 12.2 Å². The van der Waals surface area contributed by atoms with E-state index < -0.39 is 0 Å². The van der Waals surface area contributed by atoms with E-state index in [4.69, 9.17) is 4.74 Å². The summed E-state index contributed by atoms with van der Waals surface area (Å²) in [5.74, 6) is -0.00180. The van der Waals surface area contributed by atoms with Crippen molar-refractivity contribution in [3.8, 4) is 0 Å². The van der Waals surface area contributed by atoms with Gasteiger partial charge in [-0.1, -0.05) is 0 Å². The van der Waals surface area contributed by atoms with E-state index in [2.05, 4.69) is 29.2 Å².